The van der Waals surface area contributed by atoms with Crippen LogP contribution in [0.3, 0.4) is 0 Å². The molecule has 0 fully saturated rings. The molecule has 1 aliphatic carbocycles. The topological polar surface area (TPSA) is 41.8 Å². The number of aliphatic imine (C=N–C) groups is 2. The summed E-state index contributed by atoms with van der Waals surface area (Å²) < 4.78 is 13.6. The third-order valence-electron chi connectivity index (χ3n) is 1.88. The molecule has 1 atom stereocenters. The van der Waals surface area contributed by atoms with Crippen molar-refractivity contribution in [3.63, 3.8) is 0 Å². The first-order valence-corrected chi connectivity index (χ1v) is 4.86. The molecule has 0 aromatic heterocycles. The van der Waals surface area contributed by atoms with Crippen LogP contribution in [0.4, 0.5) is 4.39 Å². The number of rotatable bonds is 0. The summed E-state index contributed by atoms with van der Waals surface area (Å²) in [7, 11) is 0. The van der Waals surface area contributed by atoms with Crippen LogP contribution in [0, 0.1) is 5.92 Å². The first-order valence-electron chi connectivity index (χ1n) is 3.68. The van der Waals surface area contributed by atoms with Gasteiger partial charge in [0.1, 0.15) is 12.3 Å². The second kappa shape index (κ2) is 3.40. The maximum absolute atomic E-state index is 13.5. The fourth-order valence-electron chi connectivity index (χ4n) is 1.21. The molecule has 2 rings (SSSR count). The van der Waals surface area contributed by atoms with Gasteiger partial charge in [0.15, 0.2) is 5.83 Å². The van der Waals surface area contributed by atoms with Crippen LogP contribution in [0.5, 0.6) is 0 Å². The molecule has 0 radical (unpaired) electrons. The zero-order valence-electron chi connectivity index (χ0n) is 6.67. The molecule has 0 saturated heterocycles. The molecule has 1 heterocycles. The number of amides is 1. The van der Waals surface area contributed by atoms with Gasteiger partial charge in [-0.1, -0.05) is 11.6 Å². The molecule has 3 nitrogen and oxygen atoms in total. The van der Waals surface area contributed by atoms with E-state index in [1.807, 2.05) is 0 Å². The third kappa shape index (κ3) is 1.36. The molecule has 0 aromatic carbocycles. The van der Waals surface area contributed by atoms with Gasteiger partial charge in [0.2, 0.25) is 0 Å². The van der Waals surface area contributed by atoms with E-state index < -0.39 is 17.7 Å². The van der Waals surface area contributed by atoms with E-state index in [0.29, 0.717) is 0 Å². The summed E-state index contributed by atoms with van der Waals surface area (Å²) in [6.07, 6.45) is 2.47. The SMILES string of the molecule is O=C1N=CN=C2C(F)=C(Br)C(Cl)=CC12. The summed E-state index contributed by atoms with van der Waals surface area (Å²) in [6, 6.07) is 0. The largest absolute Gasteiger partial charge is 0.271 e. The van der Waals surface area contributed by atoms with Crippen molar-refractivity contribution in [2.75, 3.05) is 0 Å². The quantitative estimate of drug-likeness (QED) is 0.670. The molecular formula is C8H3BrClFN2O. The van der Waals surface area contributed by atoms with Gasteiger partial charge in [-0.2, -0.15) is 0 Å². The van der Waals surface area contributed by atoms with Gasteiger partial charge in [-0.05, 0) is 22.0 Å². The van der Waals surface area contributed by atoms with Gasteiger partial charge in [0.05, 0.1) is 15.2 Å². The lowest BCUT2D eigenvalue weighted by Crippen LogP contribution is -2.27. The Morgan fingerprint density at radius 2 is 2.29 bits per heavy atom. The number of hydrogen-bond donors (Lipinski definition) is 0. The number of nitrogens with zero attached hydrogens (tertiary/aromatic N) is 2. The van der Waals surface area contributed by atoms with Crippen LogP contribution < -0.4 is 0 Å². The molecular weight excluding hydrogens is 274 g/mol. The molecule has 0 bridgehead atoms. The van der Waals surface area contributed by atoms with E-state index in [4.69, 9.17) is 11.6 Å². The predicted octanol–water partition coefficient (Wildman–Crippen LogP) is 2.32. The monoisotopic (exact) mass is 276 g/mol. The van der Waals surface area contributed by atoms with Gasteiger partial charge in [0, 0.05) is 0 Å². The van der Waals surface area contributed by atoms with E-state index in [0.717, 1.165) is 6.34 Å². The predicted molar refractivity (Wildman–Crippen MR) is 55.4 cm³/mol. The van der Waals surface area contributed by atoms with Crippen LogP contribution in [0.15, 0.2) is 31.4 Å². The maximum atomic E-state index is 13.5. The smallest absolute Gasteiger partial charge is 0.260 e. The number of halogens is 3. The van der Waals surface area contributed by atoms with Crippen molar-refractivity contribution >= 4 is 45.5 Å². The van der Waals surface area contributed by atoms with Gasteiger partial charge in [0.25, 0.3) is 5.91 Å². The Balaban J connectivity index is 2.56. The third-order valence-corrected chi connectivity index (χ3v) is 3.20. The van der Waals surface area contributed by atoms with Crippen molar-refractivity contribution in [1.29, 1.82) is 0 Å². The van der Waals surface area contributed by atoms with Gasteiger partial charge in [-0.15, -0.1) is 0 Å². The minimum atomic E-state index is -0.784. The van der Waals surface area contributed by atoms with Crippen molar-refractivity contribution in [2.45, 2.75) is 0 Å². The molecule has 0 spiro atoms. The van der Waals surface area contributed by atoms with Crippen LogP contribution in [0.25, 0.3) is 0 Å². The first-order chi connectivity index (χ1) is 6.61. The fourth-order valence-corrected chi connectivity index (χ4v) is 1.75. The number of allylic oxidation sites excluding steroid dienone is 3. The number of fused-ring (bicyclic) bond motifs is 1. The van der Waals surface area contributed by atoms with E-state index >= 15 is 0 Å². The van der Waals surface area contributed by atoms with E-state index in [1.165, 1.54) is 6.08 Å². The Labute approximate surface area is 92.2 Å². The van der Waals surface area contributed by atoms with Crippen LogP contribution in [0.1, 0.15) is 0 Å². The standard InChI is InChI=1S/C8H3BrClFN2O/c9-5-4(10)1-3-7(6(5)11)12-2-13-8(3)14/h1-3H. The van der Waals surface area contributed by atoms with Crippen molar-refractivity contribution < 1.29 is 9.18 Å². The van der Waals surface area contributed by atoms with Crippen LogP contribution in [-0.4, -0.2) is 18.0 Å². The normalized spacial score (nSPS) is 25.9. The Morgan fingerprint density at radius 3 is 3.00 bits per heavy atom. The minimum Gasteiger partial charge on any atom is -0.271 e. The van der Waals surface area contributed by atoms with Crippen molar-refractivity contribution in [3.8, 4) is 0 Å². The van der Waals surface area contributed by atoms with Gasteiger partial charge in [-0.3, -0.25) is 4.79 Å². The van der Waals surface area contributed by atoms with Gasteiger partial charge in [-0.25, -0.2) is 14.4 Å². The van der Waals surface area contributed by atoms with E-state index in [-0.39, 0.29) is 15.2 Å². The van der Waals surface area contributed by atoms with Crippen molar-refractivity contribution in [3.05, 3.63) is 21.4 Å². The summed E-state index contributed by atoms with van der Waals surface area (Å²) in [5, 5.41) is 0.164. The minimum absolute atomic E-state index is 0.0567. The second-order valence-electron chi connectivity index (χ2n) is 2.72. The zero-order valence-corrected chi connectivity index (χ0v) is 9.01. The molecule has 1 unspecified atom stereocenters. The molecule has 1 aliphatic heterocycles. The molecule has 14 heavy (non-hydrogen) atoms. The molecule has 0 N–H and O–H groups in total. The van der Waals surface area contributed by atoms with Crippen LogP contribution >= 0.6 is 27.5 Å². The zero-order chi connectivity index (χ0) is 10.3. The summed E-state index contributed by atoms with van der Waals surface area (Å²) >= 11 is 8.67. The average Bonchev–Trinajstić information content (AvgIpc) is 2.17. The Bertz CT molecular complexity index is 439. The molecule has 0 saturated carbocycles. The van der Waals surface area contributed by atoms with Crippen molar-refractivity contribution in [1.82, 2.24) is 0 Å². The second-order valence-corrected chi connectivity index (χ2v) is 3.92. The highest BCUT2D eigenvalue weighted by molar-refractivity contribution is 9.12. The Morgan fingerprint density at radius 1 is 1.57 bits per heavy atom. The Kier molecular flexibility index (Phi) is 2.36. The highest BCUT2D eigenvalue weighted by Gasteiger charge is 2.33. The van der Waals surface area contributed by atoms with E-state index in [1.54, 1.807) is 0 Å². The van der Waals surface area contributed by atoms with Gasteiger partial charge < -0.3 is 0 Å². The fraction of sp³-hybridized carbons (Fsp3) is 0.125. The first kappa shape index (κ1) is 9.73. The maximum Gasteiger partial charge on any atom is 0.260 e. The van der Waals surface area contributed by atoms with Crippen LogP contribution in [0.2, 0.25) is 0 Å². The number of carbonyl (C=O) groups excluding carboxylic acids is 1. The molecule has 2 aliphatic rings. The summed E-state index contributed by atoms with van der Waals surface area (Å²) in [5.74, 6) is -1.85. The summed E-state index contributed by atoms with van der Waals surface area (Å²) in [6.45, 7) is 0. The highest BCUT2D eigenvalue weighted by atomic mass is 79.9. The molecule has 1 amide bonds. The lowest BCUT2D eigenvalue weighted by atomic mass is 9.96. The van der Waals surface area contributed by atoms with E-state index in [9.17, 15) is 9.18 Å². The lowest BCUT2D eigenvalue weighted by Gasteiger charge is -2.19. The van der Waals surface area contributed by atoms with Crippen molar-refractivity contribution in [2.24, 2.45) is 15.9 Å². The highest BCUT2D eigenvalue weighted by Crippen LogP contribution is 2.35. The summed E-state index contributed by atoms with van der Waals surface area (Å²) in [4.78, 5) is 18.4. The Hall–Kier alpha value is -0.810. The number of carbonyl (C=O) groups is 1. The summed E-state index contributed by atoms with van der Waals surface area (Å²) in [5.41, 5.74) is 0.0567. The molecule has 72 valence electrons. The number of hydrogen-bond acceptors (Lipinski definition) is 2. The molecule has 6 heteroatoms. The van der Waals surface area contributed by atoms with E-state index in [2.05, 4.69) is 25.9 Å². The molecule has 0 aromatic rings. The van der Waals surface area contributed by atoms with Crippen LogP contribution in [-0.2, 0) is 4.79 Å². The average molecular weight is 277 g/mol. The lowest BCUT2D eigenvalue weighted by molar-refractivity contribution is -0.118. The van der Waals surface area contributed by atoms with Gasteiger partial charge >= 0.3 is 0 Å².